The third-order valence-electron chi connectivity index (χ3n) is 6.05. The second-order valence-electron chi connectivity index (χ2n) is 8.82. The van der Waals surface area contributed by atoms with Crippen LogP contribution in [0.2, 0.25) is 0 Å². The fourth-order valence-electron chi connectivity index (χ4n) is 4.06. The Bertz CT molecular complexity index is 1310. The Morgan fingerprint density at radius 3 is 2.68 bits per heavy atom. The van der Waals surface area contributed by atoms with E-state index < -0.39 is 0 Å². The number of nitrogens with one attached hydrogen (secondary N) is 3. The van der Waals surface area contributed by atoms with Gasteiger partial charge in [-0.05, 0) is 64.2 Å². The lowest BCUT2D eigenvalue weighted by molar-refractivity contribution is 0.0383. The van der Waals surface area contributed by atoms with Crippen molar-refractivity contribution in [3.63, 3.8) is 0 Å². The Labute approximate surface area is 203 Å². The van der Waals surface area contributed by atoms with E-state index in [1.54, 1.807) is 19.5 Å². The summed E-state index contributed by atoms with van der Waals surface area (Å²) in [7, 11) is 5.85. The number of aromatic amines is 1. The van der Waals surface area contributed by atoms with Crippen LogP contribution in [0.3, 0.4) is 0 Å². The number of ether oxygens (including phenoxy) is 2. The molecule has 34 heavy (non-hydrogen) atoms. The molecule has 3 aromatic heterocycles. The monoisotopic (exact) mass is 465 g/mol. The van der Waals surface area contributed by atoms with Crippen molar-refractivity contribution in [2.24, 2.45) is 0 Å². The topological polar surface area (TPSA) is 100 Å². The van der Waals surface area contributed by atoms with Crippen molar-refractivity contribution in [2.45, 2.75) is 31.9 Å². The maximum Gasteiger partial charge on any atom is 0.229 e. The highest BCUT2D eigenvalue weighted by atomic mass is 16.5. The molecule has 9 nitrogen and oxygen atoms in total. The summed E-state index contributed by atoms with van der Waals surface area (Å²) in [5.74, 6) is 2.56. The van der Waals surface area contributed by atoms with E-state index >= 15 is 0 Å². The van der Waals surface area contributed by atoms with Crippen molar-refractivity contribution in [3.05, 3.63) is 54.5 Å². The Morgan fingerprint density at radius 2 is 1.88 bits per heavy atom. The minimum absolute atomic E-state index is 0. The van der Waals surface area contributed by atoms with E-state index in [2.05, 4.69) is 55.6 Å². The second-order valence-corrected chi connectivity index (χ2v) is 8.82. The molecule has 1 saturated carbocycles. The Balaban J connectivity index is 0.00000160. The number of nitrogens with zero attached hydrogens (tertiary/aromatic N) is 4. The van der Waals surface area contributed by atoms with Crippen LogP contribution in [-0.2, 0) is 0 Å². The normalized spacial score (nSPS) is 17.4. The first-order valence-electron chi connectivity index (χ1n) is 11.3. The molecule has 0 bridgehead atoms. The van der Waals surface area contributed by atoms with Gasteiger partial charge in [0.1, 0.15) is 17.6 Å². The maximum atomic E-state index is 6.15. The Hall–Kier alpha value is -3.85. The van der Waals surface area contributed by atoms with Crippen LogP contribution in [0.1, 0.15) is 22.8 Å². The standard InChI is InChI=1S/C25H29N7O2.3H2/c1-15-9-16-10-18(14-27-24(16)28-15)29-23-7-8-26-25(31-23)30-17-5-6-21(22(11-17)33-4)34-20-12-19(13-20)32(2)3;;;/h5-11,14,19-20H,12-13H2,1-4H3,(H,27,28)(H2,26,29,30,31);3*1H. The molecule has 1 aromatic carbocycles. The molecule has 1 aliphatic carbocycles. The lowest BCUT2D eigenvalue weighted by Gasteiger charge is -2.39. The quantitative estimate of drug-likeness (QED) is 0.319. The average Bonchev–Trinajstić information content (AvgIpc) is 3.16. The van der Waals surface area contributed by atoms with Crippen LogP contribution in [0.4, 0.5) is 23.1 Å². The Morgan fingerprint density at radius 1 is 1.03 bits per heavy atom. The van der Waals surface area contributed by atoms with E-state index in [1.807, 2.05) is 37.3 Å². The fourth-order valence-corrected chi connectivity index (χ4v) is 4.06. The van der Waals surface area contributed by atoms with Crippen molar-refractivity contribution in [3.8, 4) is 11.5 Å². The van der Waals surface area contributed by atoms with E-state index in [-0.39, 0.29) is 10.4 Å². The number of hydrogen-bond donors (Lipinski definition) is 3. The first-order valence-corrected chi connectivity index (χ1v) is 11.3. The SMILES string of the molecule is COc1cc(Nc2nccc(Nc3cnc4[nH]c(C)cc4c3)n2)ccc1OC1CC(N(C)C)C1.[HH].[HH].[HH]. The predicted molar refractivity (Wildman–Crippen MR) is 140 cm³/mol. The van der Waals surface area contributed by atoms with Crippen molar-refractivity contribution in [2.75, 3.05) is 31.8 Å². The number of pyridine rings is 1. The Kier molecular flexibility index (Phi) is 5.93. The van der Waals surface area contributed by atoms with Gasteiger partial charge in [-0.25, -0.2) is 9.97 Å². The van der Waals surface area contributed by atoms with Crippen LogP contribution in [0.25, 0.3) is 11.0 Å². The van der Waals surface area contributed by atoms with Gasteiger partial charge in [-0.3, -0.25) is 0 Å². The summed E-state index contributed by atoms with van der Waals surface area (Å²) in [5.41, 5.74) is 3.61. The molecule has 182 valence electrons. The molecular weight excluding hydrogens is 430 g/mol. The number of H-pyrrole nitrogens is 1. The molecule has 0 spiro atoms. The van der Waals surface area contributed by atoms with Crippen LogP contribution < -0.4 is 20.1 Å². The summed E-state index contributed by atoms with van der Waals surface area (Å²) in [6.45, 7) is 2.01. The molecule has 0 saturated heterocycles. The smallest absolute Gasteiger partial charge is 0.229 e. The van der Waals surface area contributed by atoms with Crippen LogP contribution in [0.5, 0.6) is 11.5 Å². The number of methoxy groups -OCH3 is 1. The molecule has 0 atom stereocenters. The molecule has 1 fully saturated rings. The summed E-state index contributed by atoms with van der Waals surface area (Å²) in [5, 5.41) is 7.58. The maximum absolute atomic E-state index is 6.15. The summed E-state index contributed by atoms with van der Waals surface area (Å²) in [6.07, 6.45) is 5.75. The molecule has 0 radical (unpaired) electrons. The number of aryl methyl sites for hydroxylation is 1. The molecule has 3 heterocycles. The molecule has 0 aliphatic heterocycles. The van der Waals surface area contributed by atoms with Crippen molar-refractivity contribution < 1.29 is 13.8 Å². The van der Waals surface area contributed by atoms with Crippen molar-refractivity contribution >= 4 is 34.2 Å². The fraction of sp³-hybridized carbons (Fsp3) is 0.320. The minimum Gasteiger partial charge on any atom is -0.493 e. The second kappa shape index (κ2) is 9.18. The van der Waals surface area contributed by atoms with Crippen LogP contribution in [0, 0.1) is 6.92 Å². The molecule has 0 amide bonds. The number of benzene rings is 1. The lowest BCUT2D eigenvalue weighted by atomic mass is 9.88. The van der Waals surface area contributed by atoms with Gasteiger partial charge in [0, 0.05) is 39.4 Å². The van der Waals surface area contributed by atoms with Crippen LogP contribution in [-0.4, -0.2) is 58.2 Å². The molecule has 0 unspecified atom stereocenters. The van der Waals surface area contributed by atoms with Gasteiger partial charge in [-0.15, -0.1) is 0 Å². The van der Waals surface area contributed by atoms with Gasteiger partial charge >= 0.3 is 0 Å². The first-order chi connectivity index (χ1) is 16.5. The summed E-state index contributed by atoms with van der Waals surface area (Å²) in [4.78, 5) is 18.8. The zero-order valence-electron chi connectivity index (χ0n) is 19.8. The lowest BCUT2D eigenvalue weighted by Crippen LogP contribution is -2.46. The van der Waals surface area contributed by atoms with Gasteiger partial charge in [0.2, 0.25) is 5.95 Å². The molecule has 4 aromatic rings. The average molecular weight is 466 g/mol. The molecule has 9 heteroatoms. The number of rotatable bonds is 8. The summed E-state index contributed by atoms with van der Waals surface area (Å²) in [6, 6.07) is 12.3. The zero-order valence-corrected chi connectivity index (χ0v) is 19.8. The van der Waals surface area contributed by atoms with Crippen LogP contribution >= 0.6 is 0 Å². The van der Waals surface area contributed by atoms with Gasteiger partial charge < -0.3 is 30.0 Å². The minimum atomic E-state index is 0. The van der Waals surface area contributed by atoms with Gasteiger partial charge in [-0.1, -0.05) is 0 Å². The van der Waals surface area contributed by atoms with E-state index in [9.17, 15) is 0 Å². The third-order valence-corrected chi connectivity index (χ3v) is 6.05. The van der Waals surface area contributed by atoms with Gasteiger partial charge in [-0.2, -0.15) is 4.98 Å². The van der Waals surface area contributed by atoms with E-state index in [0.717, 1.165) is 46.7 Å². The largest absolute Gasteiger partial charge is 0.493 e. The number of anilines is 4. The van der Waals surface area contributed by atoms with E-state index in [0.29, 0.717) is 23.6 Å². The summed E-state index contributed by atoms with van der Waals surface area (Å²) >= 11 is 0. The van der Waals surface area contributed by atoms with Gasteiger partial charge in [0.25, 0.3) is 0 Å². The summed E-state index contributed by atoms with van der Waals surface area (Å²) < 4.78 is 11.7. The van der Waals surface area contributed by atoms with Gasteiger partial charge in [0.15, 0.2) is 11.5 Å². The number of hydrogen-bond acceptors (Lipinski definition) is 8. The number of fused-ring (bicyclic) bond motifs is 1. The molecule has 1 aliphatic rings. The molecule has 3 N–H and O–H groups in total. The van der Waals surface area contributed by atoms with Crippen molar-refractivity contribution in [1.29, 1.82) is 0 Å². The van der Waals surface area contributed by atoms with Crippen molar-refractivity contribution in [1.82, 2.24) is 24.8 Å². The molecule has 5 rings (SSSR count). The highest BCUT2D eigenvalue weighted by molar-refractivity contribution is 5.80. The van der Waals surface area contributed by atoms with E-state index in [4.69, 9.17) is 9.47 Å². The van der Waals surface area contributed by atoms with E-state index in [1.165, 1.54) is 0 Å². The highest BCUT2D eigenvalue weighted by Gasteiger charge is 2.32. The molecular formula is C25H35N7O2. The van der Waals surface area contributed by atoms with Gasteiger partial charge in [0.05, 0.1) is 19.0 Å². The van der Waals surface area contributed by atoms with Crippen LogP contribution in [0.15, 0.2) is 48.8 Å². The zero-order chi connectivity index (χ0) is 23.7. The number of aromatic nitrogens is 4. The highest BCUT2D eigenvalue weighted by Crippen LogP contribution is 2.36. The third kappa shape index (κ3) is 4.74. The predicted octanol–water partition coefficient (Wildman–Crippen LogP) is 5.37. The first kappa shape index (κ1) is 22.0.